The van der Waals surface area contributed by atoms with Gasteiger partial charge in [-0.05, 0) is 51.5 Å². The lowest BCUT2D eigenvalue weighted by Gasteiger charge is -2.44. The smallest absolute Gasteiger partial charge is 0.239 e. The molecule has 19 heteroatoms. The SMILES string of the molecule is COc1ccc(-c2oc3c(CC=C(C)C)c(O[C@@H]4O[C@H](CO)[C@@H](O)[C@H](O)[C@H]4O)cc(O)c3c(=O)c2O[C@@H]2O[C@@H](C)[C@H](O[C@H]3OC[C@@H](O)[C@H](O)[C@H]3O)[C@@H](O)[C@H]2O)cc1. The van der Waals surface area contributed by atoms with Gasteiger partial charge in [0.15, 0.2) is 12.1 Å². The predicted octanol–water partition coefficient (Wildman–Crippen LogP) is -1.47. The summed E-state index contributed by atoms with van der Waals surface area (Å²) >= 11 is 0. The van der Waals surface area contributed by atoms with Crippen LogP contribution in [0.15, 0.2) is 51.2 Å². The molecule has 0 spiro atoms. The summed E-state index contributed by atoms with van der Waals surface area (Å²) in [5.41, 5.74) is 0.120. The molecule has 3 aliphatic rings. The third-order valence-corrected chi connectivity index (χ3v) is 10.1. The van der Waals surface area contributed by atoms with Gasteiger partial charge in [0.1, 0.15) is 89.3 Å². The van der Waals surface area contributed by atoms with Gasteiger partial charge in [0, 0.05) is 17.2 Å². The number of methoxy groups -OCH3 is 1. The zero-order chi connectivity index (χ0) is 41.5. The normalized spacial score (nSPS) is 34.5. The van der Waals surface area contributed by atoms with E-state index < -0.39 is 115 Å². The lowest BCUT2D eigenvalue weighted by molar-refractivity contribution is -0.334. The van der Waals surface area contributed by atoms with Crippen LogP contribution in [0.5, 0.6) is 23.0 Å². The second-order valence-electron chi connectivity index (χ2n) is 14.4. The Morgan fingerprint density at radius 1 is 0.842 bits per heavy atom. The zero-order valence-corrected chi connectivity index (χ0v) is 31.3. The van der Waals surface area contributed by atoms with E-state index in [-0.39, 0.29) is 41.2 Å². The van der Waals surface area contributed by atoms with Gasteiger partial charge in [-0.1, -0.05) is 11.6 Å². The standard InChI is InChI=1S/C38H48O19/c1-14(2)5-10-18-21(53-38-30(48)27(45)25(43)22(12-39)54-38)11-19(40)23-26(44)35(33(55-34(18)23)16-6-8-17(50-4)9-7-16)57-37-31(49)28(46)32(15(3)52-37)56-36-29(47)24(42)20(41)13-51-36/h5-9,11,15,20,22,24-25,27-32,36-43,45-49H,10,12-13H2,1-4H3/t15-,20+,22+,24-,25+,27-,28-,29+,30+,31+,32-,36+,37-,38+/m0/s1. The van der Waals surface area contributed by atoms with E-state index in [1.807, 2.05) is 13.8 Å². The van der Waals surface area contributed by atoms with Crippen molar-refractivity contribution in [1.29, 1.82) is 0 Å². The molecule has 2 aromatic carbocycles. The van der Waals surface area contributed by atoms with Crippen molar-refractivity contribution in [3.05, 3.63) is 57.8 Å². The Hall–Kier alpha value is -3.93. The van der Waals surface area contributed by atoms with Gasteiger partial charge in [0.05, 0.1) is 26.4 Å². The summed E-state index contributed by atoms with van der Waals surface area (Å²) in [6, 6.07) is 7.28. The zero-order valence-electron chi connectivity index (χ0n) is 31.3. The van der Waals surface area contributed by atoms with Crippen molar-refractivity contribution in [3.8, 4) is 34.3 Å². The van der Waals surface area contributed by atoms with Crippen molar-refractivity contribution in [2.75, 3.05) is 20.3 Å². The number of phenols is 1. The minimum Gasteiger partial charge on any atom is -0.507 e. The monoisotopic (exact) mass is 808 g/mol. The number of aliphatic hydroxyl groups is 9. The molecule has 6 rings (SSSR count). The summed E-state index contributed by atoms with van der Waals surface area (Å²) in [5.74, 6) is -1.16. The Bertz CT molecular complexity index is 1940. The molecular weight excluding hydrogens is 760 g/mol. The molecule has 19 nitrogen and oxygen atoms in total. The van der Waals surface area contributed by atoms with E-state index in [1.54, 1.807) is 30.3 Å². The molecule has 3 saturated heterocycles. The average Bonchev–Trinajstić information content (AvgIpc) is 3.18. The number of hydrogen-bond acceptors (Lipinski definition) is 19. The van der Waals surface area contributed by atoms with Crippen LogP contribution in [0.3, 0.4) is 0 Å². The number of phenolic OH excluding ortho intramolecular Hbond substituents is 1. The first-order valence-corrected chi connectivity index (χ1v) is 18.2. The van der Waals surface area contributed by atoms with Gasteiger partial charge in [-0.15, -0.1) is 0 Å². The van der Waals surface area contributed by atoms with Crippen molar-refractivity contribution in [1.82, 2.24) is 0 Å². The van der Waals surface area contributed by atoms with E-state index in [4.69, 9.17) is 37.6 Å². The van der Waals surface area contributed by atoms with Crippen LogP contribution in [0.2, 0.25) is 0 Å². The first kappa shape index (κ1) is 42.7. The van der Waals surface area contributed by atoms with E-state index in [0.717, 1.165) is 11.6 Å². The number of benzene rings is 2. The Labute approximate surface area is 325 Å². The molecule has 0 unspecified atom stereocenters. The number of fused-ring (bicyclic) bond motifs is 1. The molecule has 0 radical (unpaired) electrons. The molecule has 0 aliphatic carbocycles. The number of hydrogen-bond donors (Lipinski definition) is 10. The molecule has 3 aliphatic heterocycles. The van der Waals surface area contributed by atoms with Gasteiger partial charge in [-0.2, -0.15) is 0 Å². The molecule has 3 fully saturated rings. The Morgan fingerprint density at radius 2 is 1.49 bits per heavy atom. The van der Waals surface area contributed by atoms with Crippen molar-refractivity contribution >= 4 is 11.0 Å². The van der Waals surface area contributed by atoms with Crippen molar-refractivity contribution < 1.29 is 88.6 Å². The lowest BCUT2D eigenvalue weighted by atomic mass is 9.98. The molecule has 1 aromatic heterocycles. The minimum atomic E-state index is -1.91. The van der Waals surface area contributed by atoms with Gasteiger partial charge in [-0.3, -0.25) is 4.79 Å². The Balaban J connectivity index is 1.42. The highest BCUT2D eigenvalue weighted by atomic mass is 16.7. The van der Waals surface area contributed by atoms with E-state index in [9.17, 15) is 55.9 Å². The Morgan fingerprint density at radius 3 is 2.14 bits per heavy atom. The van der Waals surface area contributed by atoms with Crippen LogP contribution >= 0.6 is 0 Å². The summed E-state index contributed by atoms with van der Waals surface area (Å²) in [6.07, 6.45) is -20.5. The van der Waals surface area contributed by atoms with E-state index in [1.165, 1.54) is 14.0 Å². The van der Waals surface area contributed by atoms with Gasteiger partial charge < -0.3 is 88.6 Å². The quantitative estimate of drug-likeness (QED) is 0.0990. The van der Waals surface area contributed by atoms with Crippen LogP contribution in [0.25, 0.3) is 22.3 Å². The molecule has 57 heavy (non-hydrogen) atoms. The molecule has 0 bridgehead atoms. The van der Waals surface area contributed by atoms with Gasteiger partial charge >= 0.3 is 0 Å². The van der Waals surface area contributed by atoms with Crippen LogP contribution in [-0.2, 0) is 25.4 Å². The fourth-order valence-electron chi connectivity index (χ4n) is 6.75. The van der Waals surface area contributed by atoms with Crippen molar-refractivity contribution in [2.45, 2.75) is 113 Å². The Kier molecular flexibility index (Phi) is 13.1. The summed E-state index contributed by atoms with van der Waals surface area (Å²) in [6.45, 7) is 3.96. The maximum atomic E-state index is 14.5. The van der Waals surface area contributed by atoms with Crippen LogP contribution < -0.4 is 19.6 Å². The lowest BCUT2D eigenvalue weighted by Crippen LogP contribution is -2.62. The van der Waals surface area contributed by atoms with Crippen LogP contribution in [0.4, 0.5) is 0 Å². The number of rotatable bonds is 11. The second kappa shape index (κ2) is 17.5. The highest BCUT2D eigenvalue weighted by Crippen LogP contribution is 2.42. The average molecular weight is 809 g/mol. The molecule has 314 valence electrons. The minimum absolute atomic E-state index is 0.0298. The highest BCUT2D eigenvalue weighted by molar-refractivity contribution is 5.91. The molecule has 0 amide bonds. The van der Waals surface area contributed by atoms with Crippen molar-refractivity contribution in [3.63, 3.8) is 0 Å². The van der Waals surface area contributed by atoms with Crippen LogP contribution in [0.1, 0.15) is 26.3 Å². The summed E-state index contributed by atoms with van der Waals surface area (Å²) in [5, 5.41) is 105. The van der Waals surface area contributed by atoms with E-state index in [0.29, 0.717) is 5.75 Å². The molecule has 14 atom stereocenters. The fraction of sp³-hybridized carbons (Fsp3) is 0.553. The van der Waals surface area contributed by atoms with Gasteiger partial charge in [0.25, 0.3) is 0 Å². The predicted molar refractivity (Wildman–Crippen MR) is 193 cm³/mol. The molecule has 0 saturated carbocycles. The molecule has 3 aromatic rings. The van der Waals surface area contributed by atoms with Gasteiger partial charge in [0.2, 0.25) is 23.8 Å². The summed E-state index contributed by atoms with van der Waals surface area (Å²) in [7, 11) is 1.45. The number of allylic oxidation sites excluding steroid dienone is 2. The summed E-state index contributed by atoms with van der Waals surface area (Å²) < 4.78 is 46.1. The van der Waals surface area contributed by atoms with Crippen molar-refractivity contribution in [2.24, 2.45) is 0 Å². The summed E-state index contributed by atoms with van der Waals surface area (Å²) in [4.78, 5) is 14.5. The maximum absolute atomic E-state index is 14.5. The highest BCUT2D eigenvalue weighted by Gasteiger charge is 2.49. The number of ether oxygens (including phenoxy) is 7. The first-order chi connectivity index (χ1) is 27.1. The largest absolute Gasteiger partial charge is 0.507 e. The molecule has 4 heterocycles. The third kappa shape index (κ3) is 8.48. The van der Waals surface area contributed by atoms with E-state index in [2.05, 4.69) is 0 Å². The number of aromatic hydroxyl groups is 1. The van der Waals surface area contributed by atoms with Crippen LogP contribution in [-0.4, -0.2) is 157 Å². The second-order valence-corrected chi connectivity index (χ2v) is 14.4. The molecular formula is C38H48O19. The maximum Gasteiger partial charge on any atom is 0.239 e. The van der Waals surface area contributed by atoms with Crippen LogP contribution in [0, 0.1) is 0 Å². The third-order valence-electron chi connectivity index (χ3n) is 10.1. The topological polar surface area (TPSA) is 297 Å². The fourth-order valence-corrected chi connectivity index (χ4v) is 6.75. The van der Waals surface area contributed by atoms with Gasteiger partial charge in [-0.25, -0.2) is 0 Å². The molecule has 10 N–H and O–H groups in total. The number of aliphatic hydroxyl groups excluding tert-OH is 9. The first-order valence-electron chi connectivity index (χ1n) is 18.2. The van der Waals surface area contributed by atoms with E-state index >= 15 is 0 Å².